The number of anilines is 2. The fraction of sp³-hybridized carbons (Fsp3) is 0.423. The third-order valence-electron chi connectivity index (χ3n) is 6.31. The minimum Gasteiger partial charge on any atom is -0.454 e. The zero-order chi connectivity index (χ0) is 26.4. The number of benzene rings is 2. The van der Waals surface area contributed by atoms with E-state index in [-0.39, 0.29) is 24.4 Å². The summed E-state index contributed by atoms with van der Waals surface area (Å²) in [4.78, 5) is 39.8. The maximum absolute atomic E-state index is 14.0. The molecule has 2 aromatic carbocycles. The van der Waals surface area contributed by atoms with Gasteiger partial charge in [-0.1, -0.05) is 25.3 Å². The summed E-state index contributed by atoms with van der Waals surface area (Å²) in [5, 5.41) is 5.61. The molecule has 11 heteroatoms. The molecule has 9 nitrogen and oxygen atoms in total. The summed E-state index contributed by atoms with van der Waals surface area (Å²) in [5.41, 5.74) is 0.616. The maximum atomic E-state index is 14.0. The van der Waals surface area contributed by atoms with Crippen LogP contribution in [-0.4, -0.2) is 52.3 Å². The number of amides is 3. The largest absolute Gasteiger partial charge is 0.454 e. The molecule has 4 rings (SSSR count). The summed E-state index contributed by atoms with van der Waals surface area (Å²) in [7, 11) is -1.87. The highest BCUT2D eigenvalue weighted by Crippen LogP contribution is 2.34. The van der Waals surface area contributed by atoms with E-state index in [2.05, 4.69) is 10.6 Å². The lowest BCUT2D eigenvalue weighted by molar-refractivity contribution is -0.126. The monoisotopic (exact) mass is 531 g/mol. The lowest BCUT2D eigenvalue weighted by atomic mass is 9.95. The molecule has 37 heavy (non-hydrogen) atoms. The van der Waals surface area contributed by atoms with Gasteiger partial charge in [0.15, 0.2) is 11.5 Å². The molecule has 1 saturated carbocycles. The molecule has 2 aromatic rings. The molecule has 198 valence electrons. The first-order valence-corrected chi connectivity index (χ1v) is 13.7. The summed E-state index contributed by atoms with van der Waals surface area (Å²) in [6, 6.07) is 9.26. The summed E-state index contributed by atoms with van der Waals surface area (Å²) < 4.78 is 37.2. The zero-order valence-corrected chi connectivity index (χ0v) is 21.4. The molecular formula is C26H30FN3O6S. The molecule has 0 saturated heterocycles. The predicted molar refractivity (Wildman–Crippen MR) is 137 cm³/mol. The van der Waals surface area contributed by atoms with Crippen molar-refractivity contribution in [3.05, 3.63) is 48.3 Å². The highest BCUT2D eigenvalue weighted by Gasteiger charge is 2.30. The second-order valence-corrected chi connectivity index (χ2v) is 10.6. The van der Waals surface area contributed by atoms with Crippen molar-refractivity contribution in [1.82, 2.24) is 5.32 Å². The number of hydrogen-bond acceptors (Lipinski definition) is 6. The minimum absolute atomic E-state index is 0.0298. The summed E-state index contributed by atoms with van der Waals surface area (Å²) in [5.74, 6) is -2.02. The Morgan fingerprint density at radius 1 is 1.05 bits per heavy atom. The van der Waals surface area contributed by atoms with Crippen molar-refractivity contribution in [2.45, 2.75) is 51.1 Å². The molecule has 1 aliphatic carbocycles. The topological polar surface area (TPSA) is 114 Å². The highest BCUT2D eigenvalue weighted by atomic mass is 32.2. The van der Waals surface area contributed by atoms with Crippen molar-refractivity contribution in [3.63, 3.8) is 0 Å². The normalized spacial score (nSPS) is 16.5. The molecule has 0 radical (unpaired) electrons. The number of ether oxygens (including phenoxy) is 2. The molecule has 1 fully saturated rings. The van der Waals surface area contributed by atoms with Gasteiger partial charge in [0.2, 0.25) is 24.5 Å². The van der Waals surface area contributed by atoms with Crippen molar-refractivity contribution >= 4 is 39.9 Å². The SMILES string of the molecule is C[C@@H](C(=O)NC1CCCCC1)N(C(=O)C[S@@](=O)CC(=O)Nc1ccc2c(c1)OCO2)c1cccc(F)c1. The van der Waals surface area contributed by atoms with E-state index in [0.29, 0.717) is 17.2 Å². The average molecular weight is 532 g/mol. The first kappa shape index (κ1) is 26.6. The van der Waals surface area contributed by atoms with Crippen LogP contribution in [0.3, 0.4) is 0 Å². The van der Waals surface area contributed by atoms with Crippen LogP contribution >= 0.6 is 0 Å². The second-order valence-electron chi connectivity index (χ2n) is 9.11. The summed E-state index contributed by atoms with van der Waals surface area (Å²) >= 11 is 0. The van der Waals surface area contributed by atoms with Crippen molar-refractivity contribution < 1.29 is 32.5 Å². The van der Waals surface area contributed by atoms with Crippen LogP contribution in [0.5, 0.6) is 11.5 Å². The Hall–Kier alpha value is -3.47. The Morgan fingerprint density at radius 3 is 2.57 bits per heavy atom. The number of carbonyl (C=O) groups is 3. The first-order chi connectivity index (χ1) is 17.8. The number of nitrogens with zero attached hydrogens (tertiary/aromatic N) is 1. The Labute approximate surface area is 217 Å². The van der Waals surface area contributed by atoms with Crippen LogP contribution in [0.25, 0.3) is 0 Å². The van der Waals surface area contributed by atoms with Crippen LogP contribution in [0, 0.1) is 5.82 Å². The first-order valence-electron chi connectivity index (χ1n) is 12.2. The number of fused-ring (bicyclic) bond motifs is 1. The smallest absolute Gasteiger partial charge is 0.243 e. The fourth-order valence-electron chi connectivity index (χ4n) is 4.47. The zero-order valence-electron chi connectivity index (χ0n) is 20.5. The van der Waals surface area contributed by atoms with Crippen molar-refractivity contribution in [2.75, 3.05) is 28.5 Å². The quantitative estimate of drug-likeness (QED) is 0.514. The minimum atomic E-state index is -1.87. The van der Waals surface area contributed by atoms with Crippen LogP contribution in [0.4, 0.5) is 15.8 Å². The molecule has 2 aliphatic rings. The third kappa shape index (κ3) is 7.06. The lowest BCUT2D eigenvalue weighted by Gasteiger charge is -2.31. The Kier molecular flexibility index (Phi) is 8.75. The van der Waals surface area contributed by atoms with Gasteiger partial charge in [-0.15, -0.1) is 0 Å². The van der Waals surface area contributed by atoms with Gasteiger partial charge in [-0.25, -0.2) is 4.39 Å². The lowest BCUT2D eigenvalue weighted by Crippen LogP contribution is -2.52. The van der Waals surface area contributed by atoms with E-state index in [4.69, 9.17) is 9.47 Å². The molecule has 2 atom stereocenters. The molecular weight excluding hydrogens is 501 g/mol. The number of halogens is 1. The van der Waals surface area contributed by atoms with E-state index in [1.54, 1.807) is 25.1 Å². The van der Waals surface area contributed by atoms with Crippen LogP contribution < -0.4 is 25.0 Å². The van der Waals surface area contributed by atoms with Gasteiger partial charge in [-0.3, -0.25) is 23.5 Å². The number of hydrogen-bond donors (Lipinski definition) is 2. The van der Waals surface area contributed by atoms with Crippen molar-refractivity contribution in [2.24, 2.45) is 0 Å². The highest BCUT2D eigenvalue weighted by molar-refractivity contribution is 7.86. The Morgan fingerprint density at radius 2 is 1.81 bits per heavy atom. The summed E-state index contributed by atoms with van der Waals surface area (Å²) in [6.07, 6.45) is 4.92. The fourth-order valence-corrected chi connectivity index (χ4v) is 5.35. The van der Waals surface area contributed by atoms with Gasteiger partial charge in [-0.2, -0.15) is 0 Å². The molecule has 1 heterocycles. The number of nitrogens with one attached hydrogen (secondary N) is 2. The van der Waals surface area contributed by atoms with Crippen molar-refractivity contribution in [3.8, 4) is 11.5 Å². The number of carbonyl (C=O) groups excluding carboxylic acids is 3. The van der Waals surface area contributed by atoms with Crippen LogP contribution in [0.2, 0.25) is 0 Å². The maximum Gasteiger partial charge on any atom is 0.243 e. The van der Waals surface area contributed by atoms with E-state index in [1.807, 2.05) is 0 Å². The molecule has 3 amide bonds. The molecule has 0 spiro atoms. The number of rotatable bonds is 9. The van der Waals surface area contributed by atoms with Crippen LogP contribution in [-0.2, 0) is 25.2 Å². The van der Waals surface area contributed by atoms with E-state index in [0.717, 1.165) is 43.1 Å². The molecule has 0 aromatic heterocycles. The van der Waals surface area contributed by atoms with E-state index in [1.165, 1.54) is 18.2 Å². The van der Waals surface area contributed by atoms with Gasteiger partial charge < -0.3 is 20.1 Å². The van der Waals surface area contributed by atoms with Gasteiger partial charge in [0.05, 0.1) is 0 Å². The Balaban J connectivity index is 1.40. The van der Waals surface area contributed by atoms with Gasteiger partial charge >= 0.3 is 0 Å². The molecule has 0 bridgehead atoms. The van der Waals surface area contributed by atoms with Gasteiger partial charge in [0, 0.05) is 34.3 Å². The third-order valence-corrected chi connectivity index (χ3v) is 7.46. The molecule has 2 N–H and O–H groups in total. The molecule has 0 unspecified atom stereocenters. The summed E-state index contributed by atoms with van der Waals surface area (Å²) in [6.45, 7) is 1.65. The standard InChI is InChI=1S/C26H30FN3O6S/c1-17(26(33)29-19-7-3-2-4-8-19)30(21-9-5-6-18(27)12-21)25(32)15-37(34)14-24(31)28-20-10-11-22-23(13-20)36-16-35-22/h5-6,9-13,17,19H,2-4,7-8,14-16H2,1H3,(H,28,31)(H,29,33)/t17-,37-/m0/s1. The van der Waals surface area contributed by atoms with Gasteiger partial charge in [0.25, 0.3) is 0 Å². The second kappa shape index (κ2) is 12.2. The predicted octanol–water partition coefficient (Wildman–Crippen LogP) is 3.11. The Bertz CT molecular complexity index is 1190. The van der Waals surface area contributed by atoms with E-state index in [9.17, 15) is 23.0 Å². The van der Waals surface area contributed by atoms with Gasteiger partial charge in [0.1, 0.15) is 23.4 Å². The van der Waals surface area contributed by atoms with Gasteiger partial charge in [-0.05, 0) is 50.1 Å². The molecule has 1 aliphatic heterocycles. The van der Waals surface area contributed by atoms with Crippen molar-refractivity contribution in [1.29, 1.82) is 0 Å². The van der Waals surface area contributed by atoms with Crippen LogP contribution in [0.15, 0.2) is 42.5 Å². The van der Waals surface area contributed by atoms with E-state index < -0.39 is 46.0 Å². The van der Waals surface area contributed by atoms with E-state index >= 15 is 0 Å². The average Bonchev–Trinajstić information content (AvgIpc) is 3.32. The van der Waals surface area contributed by atoms with Crippen LogP contribution in [0.1, 0.15) is 39.0 Å².